The van der Waals surface area contributed by atoms with Gasteiger partial charge in [0, 0.05) is 42.4 Å². The smallest absolute Gasteiger partial charge is 0.188 e. The Balaban J connectivity index is 1.56. The van der Waals surface area contributed by atoms with E-state index in [1.807, 2.05) is 6.07 Å². The predicted octanol–water partition coefficient (Wildman–Crippen LogP) is 4.02. The van der Waals surface area contributed by atoms with E-state index < -0.39 is 0 Å². The molecule has 1 fully saturated rings. The second kappa shape index (κ2) is 7.89. The van der Waals surface area contributed by atoms with Crippen molar-refractivity contribution in [3.05, 3.63) is 29.5 Å². The van der Waals surface area contributed by atoms with Crippen molar-refractivity contribution in [3.63, 3.8) is 0 Å². The van der Waals surface area contributed by atoms with E-state index in [0.717, 1.165) is 36.7 Å². The molecule has 5 nitrogen and oxygen atoms in total. The molecule has 0 spiro atoms. The number of unbranched alkanes of at least 4 members (excludes halogenated alkanes) is 1. The fraction of sp³-hybridized carbons (Fsp3) is 0.632. The van der Waals surface area contributed by atoms with Gasteiger partial charge in [0.05, 0.1) is 11.8 Å². The molecule has 0 amide bonds. The Kier molecular flexibility index (Phi) is 5.81. The van der Waals surface area contributed by atoms with Gasteiger partial charge in [-0.25, -0.2) is 15.0 Å². The van der Waals surface area contributed by atoms with Crippen molar-refractivity contribution in [2.45, 2.75) is 58.7 Å². The summed E-state index contributed by atoms with van der Waals surface area (Å²) in [5, 5.41) is 3.00. The molecule has 2 aromatic rings. The fourth-order valence-electron chi connectivity index (χ4n) is 3.52. The number of nitrogens with zero attached hydrogens (tertiary/aromatic N) is 4. The van der Waals surface area contributed by atoms with E-state index in [1.165, 1.54) is 6.42 Å². The van der Waals surface area contributed by atoms with Crippen LogP contribution in [0.1, 0.15) is 45.7 Å². The van der Waals surface area contributed by atoms with Crippen LogP contribution in [0.2, 0.25) is 0 Å². The summed E-state index contributed by atoms with van der Waals surface area (Å²) in [6, 6.07) is 2.35. The average molecular weight is 361 g/mol. The summed E-state index contributed by atoms with van der Waals surface area (Å²) < 4.78 is 6.07. The Bertz CT molecular complexity index is 673. The zero-order chi connectivity index (χ0) is 17.9. The average Bonchev–Trinajstić information content (AvgIpc) is 3.06. The van der Waals surface area contributed by atoms with Crippen LogP contribution < -0.4 is 0 Å². The van der Waals surface area contributed by atoms with Gasteiger partial charge in [-0.3, -0.25) is 4.90 Å². The SMILES string of the molecule is CCCCO[C@H]1C[C@@H](N(C)Cc2csc(-c3ncccn3)n2)C1(C)C. The molecule has 0 aliphatic heterocycles. The van der Waals surface area contributed by atoms with Crippen molar-refractivity contribution in [2.24, 2.45) is 5.41 Å². The maximum absolute atomic E-state index is 6.07. The highest BCUT2D eigenvalue weighted by Gasteiger charge is 2.50. The van der Waals surface area contributed by atoms with Crippen molar-refractivity contribution in [3.8, 4) is 10.8 Å². The van der Waals surface area contributed by atoms with Gasteiger partial charge in [-0.05, 0) is 26.0 Å². The van der Waals surface area contributed by atoms with Crippen molar-refractivity contribution in [1.82, 2.24) is 19.9 Å². The molecule has 1 aliphatic carbocycles. The molecule has 2 aromatic heterocycles. The van der Waals surface area contributed by atoms with Crippen LogP contribution in [-0.4, -0.2) is 45.7 Å². The Labute approximate surface area is 154 Å². The molecule has 0 bridgehead atoms. The van der Waals surface area contributed by atoms with E-state index in [9.17, 15) is 0 Å². The van der Waals surface area contributed by atoms with Crippen LogP contribution in [0.4, 0.5) is 0 Å². The first-order chi connectivity index (χ1) is 12.0. The lowest BCUT2D eigenvalue weighted by Gasteiger charge is -2.55. The molecule has 6 heteroatoms. The lowest BCUT2D eigenvalue weighted by atomic mass is 9.64. The van der Waals surface area contributed by atoms with Crippen LogP contribution in [0, 0.1) is 5.41 Å². The van der Waals surface area contributed by atoms with Gasteiger partial charge in [-0.1, -0.05) is 27.2 Å². The van der Waals surface area contributed by atoms with E-state index in [1.54, 1.807) is 23.7 Å². The molecule has 1 saturated carbocycles. The molecule has 0 aromatic carbocycles. The van der Waals surface area contributed by atoms with E-state index in [2.05, 4.69) is 48.1 Å². The largest absolute Gasteiger partial charge is 0.378 e. The van der Waals surface area contributed by atoms with Gasteiger partial charge in [0.15, 0.2) is 10.8 Å². The number of aromatic nitrogens is 3. The first-order valence-corrected chi connectivity index (χ1v) is 9.94. The van der Waals surface area contributed by atoms with Gasteiger partial charge < -0.3 is 4.74 Å². The summed E-state index contributed by atoms with van der Waals surface area (Å²) in [4.78, 5) is 15.7. The molecule has 0 radical (unpaired) electrons. The van der Waals surface area contributed by atoms with Crippen LogP contribution in [-0.2, 0) is 11.3 Å². The highest BCUT2D eigenvalue weighted by atomic mass is 32.1. The van der Waals surface area contributed by atoms with Gasteiger partial charge in [-0.2, -0.15) is 0 Å². The molecule has 2 atom stereocenters. The Morgan fingerprint density at radius 3 is 2.76 bits per heavy atom. The maximum atomic E-state index is 6.07. The normalized spacial score (nSPS) is 22.1. The van der Waals surface area contributed by atoms with Crippen molar-refractivity contribution in [2.75, 3.05) is 13.7 Å². The Hall–Kier alpha value is -1.37. The highest BCUT2D eigenvalue weighted by molar-refractivity contribution is 7.13. The Morgan fingerprint density at radius 1 is 1.32 bits per heavy atom. The minimum absolute atomic E-state index is 0.184. The summed E-state index contributed by atoms with van der Waals surface area (Å²) in [6.45, 7) is 8.57. The topological polar surface area (TPSA) is 51.1 Å². The summed E-state index contributed by atoms with van der Waals surface area (Å²) in [5.41, 5.74) is 1.27. The maximum Gasteiger partial charge on any atom is 0.188 e. The lowest BCUT2D eigenvalue weighted by molar-refractivity contribution is -0.149. The minimum atomic E-state index is 0.184. The molecule has 25 heavy (non-hydrogen) atoms. The highest BCUT2D eigenvalue weighted by Crippen LogP contribution is 2.45. The summed E-state index contributed by atoms with van der Waals surface area (Å²) in [5.74, 6) is 0.703. The monoisotopic (exact) mass is 360 g/mol. The van der Waals surface area contributed by atoms with Gasteiger partial charge in [-0.15, -0.1) is 11.3 Å². The standard InChI is InChI=1S/C19H28N4OS/c1-5-6-10-24-16-11-15(19(16,2)3)23(4)12-14-13-25-18(22-14)17-20-8-7-9-21-17/h7-9,13,15-16H,5-6,10-12H2,1-4H3/t15-,16+/m1/s1. The molecule has 3 rings (SSSR count). The zero-order valence-corrected chi connectivity index (χ0v) is 16.4. The molecular formula is C19H28N4OS. The summed E-state index contributed by atoms with van der Waals surface area (Å²) >= 11 is 1.61. The van der Waals surface area contributed by atoms with Crippen LogP contribution in [0.25, 0.3) is 10.8 Å². The van der Waals surface area contributed by atoms with Crippen LogP contribution >= 0.6 is 11.3 Å². The number of hydrogen-bond donors (Lipinski definition) is 0. The first-order valence-electron chi connectivity index (χ1n) is 9.06. The third-order valence-electron chi connectivity index (χ3n) is 5.20. The molecule has 136 valence electrons. The third-order valence-corrected chi connectivity index (χ3v) is 6.08. The minimum Gasteiger partial charge on any atom is -0.378 e. The van der Waals surface area contributed by atoms with Crippen molar-refractivity contribution < 1.29 is 4.74 Å². The number of rotatable bonds is 8. The molecule has 0 saturated heterocycles. The first kappa shape index (κ1) is 18.4. The molecule has 0 N–H and O–H groups in total. The van der Waals surface area contributed by atoms with Crippen LogP contribution in [0.5, 0.6) is 0 Å². The third kappa shape index (κ3) is 4.07. The second-order valence-corrected chi connectivity index (χ2v) is 8.28. The summed E-state index contributed by atoms with van der Waals surface area (Å²) in [6.07, 6.45) is 7.32. The quantitative estimate of drug-likeness (QED) is 0.666. The molecular weight excluding hydrogens is 332 g/mol. The van der Waals surface area contributed by atoms with Gasteiger partial charge in [0.1, 0.15) is 0 Å². The van der Waals surface area contributed by atoms with E-state index in [0.29, 0.717) is 18.0 Å². The predicted molar refractivity (Wildman–Crippen MR) is 101 cm³/mol. The van der Waals surface area contributed by atoms with Crippen molar-refractivity contribution in [1.29, 1.82) is 0 Å². The van der Waals surface area contributed by atoms with E-state index in [4.69, 9.17) is 9.72 Å². The number of ether oxygens (including phenoxy) is 1. The zero-order valence-electron chi connectivity index (χ0n) is 15.6. The molecule has 1 aliphatic rings. The Morgan fingerprint density at radius 2 is 2.08 bits per heavy atom. The fourth-order valence-corrected chi connectivity index (χ4v) is 4.28. The number of hydrogen-bond acceptors (Lipinski definition) is 6. The second-order valence-electron chi connectivity index (χ2n) is 7.42. The molecule has 0 unspecified atom stereocenters. The van der Waals surface area contributed by atoms with Crippen molar-refractivity contribution >= 4 is 11.3 Å². The van der Waals surface area contributed by atoms with E-state index >= 15 is 0 Å². The summed E-state index contributed by atoms with van der Waals surface area (Å²) in [7, 11) is 2.19. The van der Waals surface area contributed by atoms with Gasteiger partial charge >= 0.3 is 0 Å². The van der Waals surface area contributed by atoms with Gasteiger partial charge in [0.25, 0.3) is 0 Å². The lowest BCUT2D eigenvalue weighted by Crippen LogP contribution is -2.61. The molecule has 2 heterocycles. The van der Waals surface area contributed by atoms with Gasteiger partial charge in [0.2, 0.25) is 0 Å². The van der Waals surface area contributed by atoms with E-state index in [-0.39, 0.29) is 5.41 Å². The number of thiazole rings is 1. The van der Waals surface area contributed by atoms with Crippen LogP contribution in [0.3, 0.4) is 0 Å². The van der Waals surface area contributed by atoms with Crippen LogP contribution in [0.15, 0.2) is 23.8 Å².